The van der Waals surface area contributed by atoms with Crippen molar-refractivity contribution in [3.8, 4) is 11.4 Å². The van der Waals surface area contributed by atoms with E-state index in [1.54, 1.807) is 16.8 Å². The zero-order valence-electron chi connectivity index (χ0n) is 9.37. The summed E-state index contributed by atoms with van der Waals surface area (Å²) < 4.78 is 41.5. The number of halogens is 3. The van der Waals surface area contributed by atoms with E-state index < -0.39 is 6.36 Å². The quantitative estimate of drug-likeness (QED) is 0.800. The molecule has 2 aromatic rings. The van der Waals surface area contributed by atoms with Crippen LogP contribution in [-0.4, -0.2) is 10.9 Å². The fourth-order valence-electron chi connectivity index (χ4n) is 1.56. The molecule has 0 amide bonds. The van der Waals surface area contributed by atoms with E-state index in [0.29, 0.717) is 11.0 Å². The van der Waals surface area contributed by atoms with Crippen molar-refractivity contribution in [1.82, 2.24) is 4.57 Å². The van der Waals surface area contributed by atoms with Gasteiger partial charge in [0.1, 0.15) is 5.75 Å². The third-order valence-electron chi connectivity index (χ3n) is 2.43. The lowest BCUT2D eigenvalue weighted by Crippen LogP contribution is -2.24. The number of hydrogen-bond donors (Lipinski definition) is 0. The van der Waals surface area contributed by atoms with Gasteiger partial charge in [-0.05, 0) is 35.6 Å². The molecule has 0 unspecified atom stereocenters. The Bertz CT molecular complexity index is 640. The summed E-state index contributed by atoms with van der Waals surface area (Å²) in [7, 11) is 0. The Morgan fingerprint density at radius 2 is 1.61 bits per heavy atom. The third-order valence-corrected chi connectivity index (χ3v) is 2.43. The Hall–Kier alpha value is -2.17. The molecular formula is C13H10F3NO. The normalized spacial score (nSPS) is 11.5. The molecule has 0 saturated carbocycles. The van der Waals surface area contributed by atoms with Gasteiger partial charge in [-0.3, -0.25) is 0 Å². The van der Waals surface area contributed by atoms with Gasteiger partial charge in [-0.1, -0.05) is 13.2 Å². The fraction of sp³-hybridized carbons (Fsp3) is 0.0769. The van der Waals surface area contributed by atoms with E-state index in [2.05, 4.69) is 17.9 Å². The van der Waals surface area contributed by atoms with Crippen LogP contribution in [0.2, 0.25) is 0 Å². The summed E-state index contributed by atoms with van der Waals surface area (Å²) in [4.78, 5) is 0. The number of aromatic nitrogens is 1. The maximum Gasteiger partial charge on any atom is 0.573 e. The molecule has 0 fully saturated rings. The van der Waals surface area contributed by atoms with Crippen LogP contribution >= 0.6 is 0 Å². The Balaban J connectivity index is 2.31. The van der Waals surface area contributed by atoms with Crippen molar-refractivity contribution in [1.29, 1.82) is 0 Å². The molecule has 0 aliphatic heterocycles. The van der Waals surface area contributed by atoms with Crippen molar-refractivity contribution in [2.24, 2.45) is 0 Å². The van der Waals surface area contributed by atoms with E-state index in [1.807, 2.05) is 0 Å². The first-order valence-corrected chi connectivity index (χ1v) is 5.08. The minimum Gasteiger partial charge on any atom is -0.406 e. The van der Waals surface area contributed by atoms with Gasteiger partial charge >= 0.3 is 6.36 Å². The topological polar surface area (TPSA) is 14.2 Å². The summed E-state index contributed by atoms with van der Waals surface area (Å²) in [5.41, 5.74) is 0.699. The number of alkyl halides is 3. The van der Waals surface area contributed by atoms with Crippen LogP contribution in [0.3, 0.4) is 0 Å². The summed E-state index contributed by atoms with van der Waals surface area (Å²) >= 11 is 0. The highest BCUT2D eigenvalue weighted by Gasteiger charge is 2.30. The Kier molecular flexibility index (Phi) is 2.90. The van der Waals surface area contributed by atoms with Gasteiger partial charge in [-0.25, -0.2) is 0 Å². The van der Waals surface area contributed by atoms with Crippen LogP contribution in [0, 0.1) is 0 Å². The second kappa shape index (κ2) is 4.25. The summed E-state index contributed by atoms with van der Waals surface area (Å²) in [6, 6.07) is 7.34. The standard InChI is InChI=1S/C13H10F3NO/c1-9-7-8-17(10(9)2)11-3-5-12(6-4-11)18-13(14,15)16/h3-8H,1-2H2. The minimum atomic E-state index is -4.67. The van der Waals surface area contributed by atoms with Gasteiger partial charge < -0.3 is 9.30 Å². The zero-order chi connectivity index (χ0) is 13.3. The summed E-state index contributed by atoms with van der Waals surface area (Å²) in [6.45, 7) is 7.60. The second-order valence-electron chi connectivity index (χ2n) is 3.70. The van der Waals surface area contributed by atoms with Gasteiger partial charge in [0.25, 0.3) is 0 Å². The molecule has 0 spiro atoms. The third kappa shape index (κ3) is 2.56. The van der Waals surface area contributed by atoms with E-state index in [4.69, 9.17) is 0 Å². The SMILES string of the molecule is C=c1ccn(-c2ccc(OC(F)(F)F)cc2)c1=C. The molecular weight excluding hydrogens is 243 g/mol. The molecule has 2 nitrogen and oxygen atoms in total. The monoisotopic (exact) mass is 253 g/mol. The zero-order valence-corrected chi connectivity index (χ0v) is 9.37. The first-order valence-electron chi connectivity index (χ1n) is 5.08. The van der Waals surface area contributed by atoms with Crippen LogP contribution in [0.5, 0.6) is 5.75 Å². The molecule has 1 aromatic carbocycles. The lowest BCUT2D eigenvalue weighted by atomic mass is 10.3. The first kappa shape index (κ1) is 12.3. The van der Waals surface area contributed by atoms with Gasteiger partial charge in [0.15, 0.2) is 0 Å². The molecule has 0 N–H and O–H groups in total. The first-order chi connectivity index (χ1) is 8.37. The van der Waals surface area contributed by atoms with Crippen molar-refractivity contribution in [2.75, 3.05) is 0 Å². The fourth-order valence-corrected chi connectivity index (χ4v) is 1.56. The number of nitrogens with zero attached hydrogens (tertiary/aromatic N) is 1. The number of hydrogen-bond acceptors (Lipinski definition) is 1. The summed E-state index contributed by atoms with van der Waals surface area (Å²) in [6.07, 6.45) is -2.92. The molecule has 0 radical (unpaired) electrons. The lowest BCUT2D eigenvalue weighted by Gasteiger charge is -2.09. The lowest BCUT2D eigenvalue weighted by molar-refractivity contribution is -0.274. The van der Waals surface area contributed by atoms with Crippen LogP contribution in [0.1, 0.15) is 0 Å². The van der Waals surface area contributed by atoms with Crippen LogP contribution in [0.15, 0.2) is 36.5 Å². The smallest absolute Gasteiger partial charge is 0.406 e. The maximum atomic E-state index is 12.0. The minimum absolute atomic E-state index is 0.251. The Morgan fingerprint density at radius 3 is 2.06 bits per heavy atom. The van der Waals surface area contributed by atoms with Gasteiger partial charge in [0, 0.05) is 17.2 Å². The molecule has 2 rings (SSSR count). The van der Waals surface area contributed by atoms with Crippen molar-refractivity contribution in [3.63, 3.8) is 0 Å². The highest BCUT2D eigenvalue weighted by atomic mass is 19.4. The molecule has 1 aromatic heterocycles. The Labute approximate surface area is 101 Å². The van der Waals surface area contributed by atoms with Gasteiger partial charge in [0.2, 0.25) is 0 Å². The van der Waals surface area contributed by atoms with Gasteiger partial charge in [-0.15, -0.1) is 13.2 Å². The van der Waals surface area contributed by atoms with E-state index >= 15 is 0 Å². The number of benzene rings is 1. The van der Waals surface area contributed by atoms with Crippen molar-refractivity contribution >= 4 is 13.2 Å². The molecule has 0 aliphatic rings. The molecule has 94 valence electrons. The average molecular weight is 253 g/mol. The van der Waals surface area contributed by atoms with Crippen molar-refractivity contribution in [2.45, 2.75) is 6.36 Å². The van der Waals surface area contributed by atoms with E-state index in [0.717, 1.165) is 5.22 Å². The predicted molar refractivity (Wildman–Crippen MR) is 62.7 cm³/mol. The maximum absolute atomic E-state index is 12.0. The molecule has 18 heavy (non-hydrogen) atoms. The van der Waals surface area contributed by atoms with Crippen LogP contribution in [0.4, 0.5) is 13.2 Å². The Morgan fingerprint density at radius 1 is 1.00 bits per heavy atom. The number of rotatable bonds is 2. The molecule has 0 aliphatic carbocycles. The number of ether oxygens (including phenoxy) is 1. The van der Waals surface area contributed by atoms with Crippen LogP contribution < -0.4 is 15.3 Å². The molecule has 0 bridgehead atoms. The van der Waals surface area contributed by atoms with E-state index in [-0.39, 0.29) is 5.75 Å². The molecule has 0 atom stereocenters. The summed E-state index contributed by atoms with van der Waals surface area (Å²) in [5.74, 6) is -0.251. The van der Waals surface area contributed by atoms with Gasteiger partial charge in [-0.2, -0.15) is 0 Å². The van der Waals surface area contributed by atoms with Crippen LogP contribution in [0.25, 0.3) is 18.8 Å². The van der Waals surface area contributed by atoms with Crippen molar-refractivity contribution in [3.05, 3.63) is 47.1 Å². The van der Waals surface area contributed by atoms with Crippen LogP contribution in [-0.2, 0) is 0 Å². The van der Waals surface area contributed by atoms with E-state index in [9.17, 15) is 13.2 Å². The van der Waals surface area contributed by atoms with E-state index in [1.165, 1.54) is 24.3 Å². The second-order valence-corrected chi connectivity index (χ2v) is 3.70. The van der Waals surface area contributed by atoms with Gasteiger partial charge in [0.05, 0.1) is 0 Å². The molecule has 1 heterocycles. The summed E-state index contributed by atoms with van der Waals surface area (Å²) in [5, 5.41) is 1.46. The molecule has 5 heteroatoms. The largest absolute Gasteiger partial charge is 0.573 e. The highest BCUT2D eigenvalue weighted by molar-refractivity contribution is 5.38. The average Bonchev–Trinajstić information content (AvgIpc) is 2.59. The highest BCUT2D eigenvalue weighted by Crippen LogP contribution is 2.23. The van der Waals surface area contributed by atoms with Crippen molar-refractivity contribution < 1.29 is 17.9 Å². The predicted octanol–water partition coefficient (Wildman–Crippen LogP) is 2.20. The molecule has 0 saturated heterocycles.